The molecule has 2 N–H and O–H groups in total. The Morgan fingerprint density at radius 3 is 2.58 bits per heavy atom. The van der Waals surface area contributed by atoms with Gasteiger partial charge in [-0.05, 0) is 5.41 Å². The Kier molecular flexibility index (Phi) is 4.22. The van der Waals surface area contributed by atoms with Gasteiger partial charge in [0, 0.05) is 25.2 Å². The van der Waals surface area contributed by atoms with Crippen LogP contribution in [0.15, 0.2) is 36.5 Å². The highest BCUT2D eigenvalue weighted by atomic mass is 16.4. The molecule has 1 aliphatic rings. The van der Waals surface area contributed by atoms with Crippen molar-refractivity contribution in [3.8, 4) is 11.3 Å². The highest BCUT2D eigenvalue weighted by Gasteiger charge is 2.38. The van der Waals surface area contributed by atoms with Crippen LogP contribution in [0.25, 0.3) is 11.3 Å². The molecule has 2 heterocycles. The number of rotatable bonds is 2. The Morgan fingerprint density at radius 2 is 1.96 bits per heavy atom. The van der Waals surface area contributed by atoms with Crippen LogP contribution in [0.2, 0.25) is 0 Å². The molecule has 0 saturated carbocycles. The lowest BCUT2D eigenvalue weighted by atomic mass is 9.84. The molecule has 3 rings (SSSR count). The number of carbonyl (C=O) groups is 1. The average Bonchev–Trinajstić information content (AvgIpc) is 3.04. The number of hydrogen-bond donors (Lipinski definition) is 2. The molecule has 128 valence electrons. The third kappa shape index (κ3) is 3.09. The van der Waals surface area contributed by atoms with Crippen molar-refractivity contribution in [2.24, 2.45) is 5.41 Å². The van der Waals surface area contributed by atoms with E-state index in [1.165, 1.54) is 0 Å². The Balaban J connectivity index is 1.90. The van der Waals surface area contributed by atoms with Crippen molar-refractivity contribution in [1.82, 2.24) is 15.1 Å². The van der Waals surface area contributed by atoms with Crippen molar-refractivity contribution in [3.63, 3.8) is 0 Å². The van der Waals surface area contributed by atoms with E-state index in [9.17, 15) is 9.90 Å². The molecule has 1 atom stereocenters. The summed E-state index contributed by atoms with van der Waals surface area (Å²) in [5, 5.41) is 16.8. The molecule has 24 heavy (non-hydrogen) atoms. The molecule has 0 bridgehead atoms. The molecule has 1 amide bonds. The summed E-state index contributed by atoms with van der Waals surface area (Å²) in [5.74, 6) is 0. The first-order valence-corrected chi connectivity index (χ1v) is 8.21. The largest absolute Gasteiger partial charge is 0.465 e. The topological polar surface area (TPSA) is 72.5 Å². The van der Waals surface area contributed by atoms with Crippen LogP contribution in [0.5, 0.6) is 0 Å². The molecule has 1 aromatic carbocycles. The van der Waals surface area contributed by atoms with Crippen LogP contribution in [-0.2, 0) is 0 Å². The Labute approximate surface area is 142 Å². The lowest BCUT2D eigenvalue weighted by molar-refractivity contribution is 0.0749. The predicted molar refractivity (Wildman–Crippen MR) is 94.2 cm³/mol. The Bertz CT molecular complexity index is 705. The molecule has 2 aromatic rings. The second-order valence-corrected chi connectivity index (χ2v) is 7.30. The second kappa shape index (κ2) is 6.19. The van der Waals surface area contributed by atoms with Gasteiger partial charge in [0.05, 0.1) is 23.6 Å². The van der Waals surface area contributed by atoms with E-state index in [-0.39, 0.29) is 11.5 Å². The minimum atomic E-state index is -0.843. The predicted octanol–water partition coefficient (Wildman–Crippen LogP) is 3.29. The summed E-state index contributed by atoms with van der Waals surface area (Å²) in [6.45, 7) is 8.09. The maximum absolute atomic E-state index is 11.6. The first kappa shape index (κ1) is 16.4. The van der Waals surface area contributed by atoms with Gasteiger partial charge in [0.2, 0.25) is 0 Å². The molecular formula is C18H24N4O2. The van der Waals surface area contributed by atoms with Crippen LogP contribution >= 0.6 is 0 Å². The van der Waals surface area contributed by atoms with Gasteiger partial charge in [-0.1, -0.05) is 51.1 Å². The van der Waals surface area contributed by atoms with E-state index in [1.807, 2.05) is 36.5 Å². The van der Waals surface area contributed by atoms with Gasteiger partial charge in [-0.2, -0.15) is 5.10 Å². The number of anilines is 1. The molecule has 0 radical (unpaired) electrons. The number of piperazine rings is 1. The van der Waals surface area contributed by atoms with Gasteiger partial charge in [0.1, 0.15) is 0 Å². The first-order valence-electron chi connectivity index (χ1n) is 8.21. The van der Waals surface area contributed by atoms with E-state index >= 15 is 0 Å². The third-order valence-electron chi connectivity index (χ3n) is 4.65. The van der Waals surface area contributed by atoms with Gasteiger partial charge >= 0.3 is 6.09 Å². The summed E-state index contributed by atoms with van der Waals surface area (Å²) in [4.78, 5) is 15.4. The zero-order valence-corrected chi connectivity index (χ0v) is 14.4. The molecule has 6 heteroatoms. The van der Waals surface area contributed by atoms with Crippen molar-refractivity contribution >= 4 is 11.8 Å². The van der Waals surface area contributed by atoms with Gasteiger partial charge in [-0.3, -0.25) is 5.10 Å². The number of hydrogen-bond acceptors (Lipinski definition) is 3. The van der Waals surface area contributed by atoms with Gasteiger partial charge in [-0.15, -0.1) is 0 Å². The maximum atomic E-state index is 11.6. The number of benzene rings is 1. The standard InChI is InChI=1S/C18H24N4O2/c1-18(2,3)15-12-21(9-10-22(15)17(23)24)14-11-19-20-16(14)13-7-5-4-6-8-13/h4-8,11,15H,9-10,12H2,1-3H3,(H,19,20)(H,23,24). The van der Waals surface area contributed by atoms with Crippen LogP contribution in [0.4, 0.5) is 10.5 Å². The summed E-state index contributed by atoms with van der Waals surface area (Å²) in [7, 11) is 0. The molecule has 6 nitrogen and oxygen atoms in total. The zero-order valence-electron chi connectivity index (χ0n) is 14.4. The molecule has 1 aromatic heterocycles. The van der Waals surface area contributed by atoms with Crippen LogP contribution in [0.1, 0.15) is 20.8 Å². The van der Waals surface area contributed by atoms with Crippen molar-refractivity contribution in [3.05, 3.63) is 36.5 Å². The van der Waals surface area contributed by atoms with E-state index in [0.29, 0.717) is 19.6 Å². The lowest BCUT2D eigenvalue weighted by Crippen LogP contribution is -2.59. The normalized spacial score (nSPS) is 18.7. The number of nitrogens with one attached hydrogen (secondary N) is 1. The fourth-order valence-corrected chi connectivity index (χ4v) is 3.31. The SMILES string of the molecule is CC(C)(C)C1CN(c2cn[nH]c2-c2ccccc2)CCN1C(=O)O. The third-order valence-corrected chi connectivity index (χ3v) is 4.65. The number of nitrogens with zero attached hydrogens (tertiary/aromatic N) is 3. The minimum Gasteiger partial charge on any atom is -0.465 e. The number of H-pyrrole nitrogens is 1. The highest BCUT2D eigenvalue weighted by Crippen LogP contribution is 2.33. The van der Waals surface area contributed by atoms with E-state index in [0.717, 1.165) is 16.9 Å². The lowest BCUT2D eigenvalue weighted by Gasteiger charge is -2.46. The molecule has 1 aliphatic heterocycles. The van der Waals surface area contributed by atoms with Gasteiger partial charge in [0.25, 0.3) is 0 Å². The molecule has 1 fully saturated rings. The first-order chi connectivity index (χ1) is 11.4. The van der Waals surface area contributed by atoms with Crippen molar-refractivity contribution < 1.29 is 9.90 Å². The summed E-state index contributed by atoms with van der Waals surface area (Å²) >= 11 is 0. The average molecular weight is 328 g/mol. The van der Waals surface area contributed by atoms with Gasteiger partial charge in [-0.25, -0.2) is 4.79 Å². The number of carboxylic acid groups (broad SMARTS) is 1. The summed E-state index contributed by atoms with van der Waals surface area (Å²) in [6.07, 6.45) is 0.989. The second-order valence-electron chi connectivity index (χ2n) is 7.30. The highest BCUT2D eigenvalue weighted by molar-refractivity contribution is 5.75. The van der Waals surface area contributed by atoms with E-state index in [4.69, 9.17) is 0 Å². The summed E-state index contributed by atoms with van der Waals surface area (Å²) in [5.41, 5.74) is 2.96. The zero-order chi connectivity index (χ0) is 17.3. The molecule has 0 aliphatic carbocycles. The summed E-state index contributed by atoms with van der Waals surface area (Å²) in [6, 6.07) is 10.0. The number of amides is 1. The van der Waals surface area contributed by atoms with Crippen LogP contribution in [0.3, 0.4) is 0 Å². The minimum absolute atomic E-state index is 0.0673. The molecular weight excluding hydrogens is 304 g/mol. The fraction of sp³-hybridized carbons (Fsp3) is 0.444. The summed E-state index contributed by atoms with van der Waals surface area (Å²) < 4.78 is 0. The Morgan fingerprint density at radius 1 is 1.25 bits per heavy atom. The molecule has 1 unspecified atom stereocenters. The van der Waals surface area contributed by atoms with Gasteiger partial charge < -0.3 is 14.9 Å². The van der Waals surface area contributed by atoms with Crippen molar-refractivity contribution in [2.45, 2.75) is 26.8 Å². The molecule has 1 saturated heterocycles. The number of aromatic nitrogens is 2. The molecule has 0 spiro atoms. The van der Waals surface area contributed by atoms with Crippen molar-refractivity contribution in [2.75, 3.05) is 24.5 Å². The van der Waals surface area contributed by atoms with Crippen molar-refractivity contribution in [1.29, 1.82) is 0 Å². The quantitative estimate of drug-likeness (QED) is 0.887. The number of aromatic amines is 1. The Hall–Kier alpha value is -2.50. The smallest absolute Gasteiger partial charge is 0.407 e. The fourth-order valence-electron chi connectivity index (χ4n) is 3.31. The van der Waals surface area contributed by atoms with Crippen LogP contribution < -0.4 is 4.90 Å². The monoisotopic (exact) mass is 328 g/mol. The van der Waals surface area contributed by atoms with E-state index < -0.39 is 6.09 Å². The van der Waals surface area contributed by atoms with Crippen LogP contribution in [0, 0.1) is 5.41 Å². The van der Waals surface area contributed by atoms with Crippen LogP contribution in [-0.4, -0.2) is 52.0 Å². The maximum Gasteiger partial charge on any atom is 0.407 e. The van der Waals surface area contributed by atoms with E-state index in [2.05, 4.69) is 35.9 Å². The van der Waals surface area contributed by atoms with Gasteiger partial charge in [0.15, 0.2) is 0 Å². The van der Waals surface area contributed by atoms with E-state index in [1.54, 1.807) is 4.90 Å².